The number of carbonyl (C=O) groups excluding carboxylic acids is 1. The largest absolute Gasteiger partial charge is 0.480 e. The van der Waals surface area contributed by atoms with Crippen molar-refractivity contribution in [3.63, 3.8) is 0 Å². The van der Waals surface area contributed by atoms with Crippen LogP contribution in [0.25, 0.3) is 0 Å². The van der Waals surface area contributed by atoms with E-state index >= 15 is 0 Å². The molecular weight excluding hydrogens is 388 g/mol. The molecule has 0 unspecified atom stereocenters. The van der Waals surface area contributed by atoms with Crippen molar-refractivity contribution in [2.45, 2.75) is 83.6 Å². The third-order valence-corrected chi connectivity index (χ3v) is 4.70. The summed E-state index contributed by atoms with van der Waals surface area (Å²) in [5.41, 5.74) is 5.40. The van der Waals surface area contributed by atoms with Crippen LogP contribution in [0, 0.1) is 0 Å². The van der Waals surface area contributed by atoms with Crippen molar-refractivity contribution >= 4 is 11.9 Å². The van der Waals surface area contributed by atoms with Crippen molar-refractivity contribution in [1.82, 2.24) is 5.32 Å². The first-order valence-corrected chi connectivity index (χ1v) is 11.7. The van der Waals surface area contributed by atoms with E-state index in [0.717, 1.165) is 12.8 Å². The molecule has 5 nitrogen and oxygen atoms in total. The SMILES string of the molecule is CCCCCCCCCC=CC=CC=CC=CC=CC(=O)N[C@@H](CCCCN)C(=O)O. The molecule has 0 saturated carbocycles. The standard InChI is InChI=1S/C26H42N2O3/c1-2-3-4-5-6-7-8-9-10-11-12-13-14-15-16-17-18-22-25(29)28-24(26(30)31)21-19-20-23-27/h10-18,22,24H,2-9,19-21,23,27H2,1H3,(H,28,29)(H,30,31)/t24-/m0/s1. The van der Waals surface area contributed by atoms with Crippen LogP contribution < -0.4 is 11.1 Å². The topological polar surface area (TPSA) is 92.4 Å². The number of nitrogens with one attached hydrogen (secondary N) is 1. The van der Waals surface area contributed by atoms with E-state index in [1.54, 1.807) is 12.2 Å². The fraction of sp³-hybridized carbons (Fsp3) is 0.538. The third kappa shape index (κ3) is 20.6. The number of carboxylic acids is 1. The quantitative estimate of drug-likeness (QED) is 0.141. The van der Waals surface area contributed by atoms with Crippen LogP contribution in [-0.4, -0.2) is 29.6 Å². The van der Waals surface area contributed by atoms with Crippen LogP contribution in [0.2, 0.25) is 0 Å². The predicted octanol–water partition coefficient (Wildman–Crippen LogP) is 5.61. The molecule has 0 spiro atoms. The average molecular weight is 431 g/mol. The second-order valence-electron chi connectivity index (χ2n) is 7.54. The van der Waals surface area contributed by atoms with Gasteiger partial charge in [-0.05, 0) is 38.6 Å². The van der Waals surface area contributed by atoms with Gasteiger partial charge in [-0.15, -0.1) is 0 Å². The summed E-state index contributed by atoms with van der Waals surface area (Å²) in [6.45, 7) is 2.76. The first-order valence-electron chi connectivity index (χ1n) is 11.7. The van der Waals surface area contributed by atoms with E-state index in [0.29, 0.717) is 19.4 Å². The van der Waals surface area contributed by atoms with Crippen LogP contribution >= 0.6 is 0 Å². The molecule has 0 saturated heterocycles. The molecule has 5 heteroatoms. The number of carbonyl (C=O) groups is 2. The molecule has 0 aliphatic rings. The number of rotatable bonds is 19. The lowest BCUT2D eigenvalue weighted by Gasteiger charge is -2.12. The molecule has 4 N–H and O–H groups in total. The van der Waals surface area contributed by atoms with Gasteiger partial charge in [-0.1, -0.05) is 100 Å². The summed E-state index contributed by atoms with van der Waals surface area (Å²) in [6, 6.07) is -0.878. The number of hydrogen-bond acceptors (Lipinski definition) is 3. The summed E-state index contributed by atoms with van der Waals surface area (Å²) in [6.07, 6.45) is 30.7. The third-order valence-electron chi connectivity index (χ3n) is 4.70. The summed E-state index contributed by atoms with van der Waals surface area (Å²) >= 11 is 0. The number of hydrogen-bond donors (Lipinski definition) is 3. The first kappa shape index (κ1) is 28.6. The lowest BCUT2D eigenvalue weighted by molar-refractivity contribution is -0.141. The molecule has 31 heavy (non-hydrogen) atoms. The highest BCUT2D eigenvalue weighted by Gasteiger charge is 2.17. The molecule has 1 amide bonds. The zero-order valence-electron chi connectivity index (χ0n) is 19.2. The number of carboxylic acid groups (broad SMARTS) is 1. The maximum atomic E-state index is 11.8. The Morgan fingerprint density at radius 3 is 2.00 bits per heavy atom. The van der Waals surface area contributed by atoms with E-state index in [1.165, 1.54) is 51.0 Å². The van der Waals surface area contributed by atoms with Gasteiger partial charge in [0.15, 0.2) is 0 Å². The maximum Gasteiger partial charge on any atom is 0.326 e. The highest BCUT2D eigenvalue weighted by molar-refractivity contribution is 5.91. The van der Waals surface area contributed by atoms with Gasteiger partial charge in [-0.2, -0.15) is 0 Å². The van der Waals surface area contributed by atoms with Crippen LogP contribution in [0.3, 0.4) is 0 Å². The number of unbranched alkanes of at least 4 members (excludes halogenated alkanes) is 8. The van der Waals surface area contributed by atoms with Crippen LogP contribution in [0.4, 0.5) is 0 Å². The Morgan fingerprint density at radius 2 is 1.39 bits per heavy atom. The van der Waals surface area contributed by atoms with Gasteiger partial charge in [0.1, 0.15) is 6.04 Å². The molecule has 0 aliphatic carbocycles. The van der Waals surface area contributed by atoms with Gasteiger partial charge in [0.05, 0.1) is 0 Å². The molecule has 0 aliphatic heterocycles. The minimum absolute atomic E-state index is 0.379. The van der Waals surface area contributed by atoms with Crippen LogP contribution in [0.1, 0.15) is 77.6 Å². The van der Waals surface area contributed by atoms with Crippen molar-refractivity contribution in [1.29, 1.82) is 0 Å². The molecule has 0 heterocycles. The van der Waals surface area contributed by atoms with Gasteiger partial charge in [0.25, 0.3) is 0 Å². The number of nitrogens with two attached hydrogens (primary N) is 1. The van der Waals surface area contributed by atoms with E-state index in [-0.39, 0.29) is 0 Å². The molecule has 0 radical (unpaired) electrons. The summed E-state index contributed by atoms with van der Waals surface area (Å²) in [4.78, 5) is 23.0. The van der Waals surface area contributed by atoms with Gasteiger partial charge < -0.3 is 16.2 Å². The molecule has 174 valence electrons. The molecule has 0 aromatic rings. The lowest BCUT2D eigenvalue weighted by atomic mass is 10.1. The van der Waals surface area contributed by atoms with E-state index in [1.807, 2.05) is 30.4 Å². The van der Waals surface area contributed by atoms with Gasteiger partial charge in [-0.25, -0.2) is 4.79 Å². The Balaban J connectivity index is 3.93. The Kier molecular flexibility index (Phi) is 20.6. The normalized spacial score (nSPS) is 13.4. The predicted molar refractivity (Wildman–Crippen MR) is 131 cm³/mol. The van der Waals surface area contributed by atoms with Gasteiger partial charge in [0.2, 0.25) is 5.91 Å². The second kappa shape index (κ2) is 22.3. The van der Waals surface area contributed by atoms with E-state index in [2.05, 4.69) is 24.4 Å². The van der Waals surface area contributed by atoms with Crippen molar-refractivity contribution in [2.75, 3.05) is 6.54 Å². The summed E-state index contributed by atoms with van der Waals surface area (Å²) in [5, 5.41) is 11.6. The van der Waals surface area contributed by atoms with Crippen molar-refractivity contribution in [2.24, 2.45) is 5.73 Å². The highest BCUT2D eigenvalue weighted by atomic mass is 16.4. The smallest absolute Gasteiger partial charge is 0.326 e. The van der Waals surface area contributed by atoms with Crippen molar-refractivity contribution < 1.29 is 14.7 Å². The number of allylic oxidation sites excluding steroid dienone is 9. The highest BCUT2D eigenvalue weighted by Crippen LogP contribution is 2.08. The first-order chi connectivity index (χ1) is 15.1. The van der Waals surface area contributed by atoms with Crippen LogP contribution in [0.5, 0.6) is 0 Å². The Hall–Kier alpha value is -2.40. The zero-order chi connectivity index (χ0) is 23.0. The number of amides is 1. The Bertz CT molecular complexity index is 604. The summed E-state index contributed by atoms with van der Waals surface area (Å²) < 4.78 is 0. The fourth-order valence-corrected chi connectivity index (χ4v) is 2.89. The van der Waals surface area contributed by atoms with E-state index in [9.17, 15) is 9.59 Å². The monoisotopic (exact) mass is 430 g/mol. The lowest BCUT2D eigenvalue weighted by Crippen LogP contribution is -2.39. The van der Waals surface area contributed by atoms with Crippen molar-refractivity contribution in [3.8, 4) is 0 Å². The maximum absolute atomic E-state index is 11.8. The Morgan fingerprint density at radius 1 is 0.806 bits per heavy atom. The second-order valence-corrected chi connectivity index (χ2v) is 7.54. The molecule has 0 aromatic heterocycles. The average Bonchev–Trinajstić information content (AvgIpc) is 2.75. The van der Waals surface area contributed by atoms with E-state index < -0.39 is 17.9 Å². The van der Waals surface area contributed by atoms with Crippen LogP contribution in [-0.2, 0) is 9.59 Å². The molecule has 0 aromatic carbocycles. The fourth-order valence-electron chi connectivity index (χ4n) is 2.89. The van der Waals surface area contributed by atoms with Gasteiger partial charge in [0, 0.05) is 6.08 Å². The minimum Gasteiger partial charge on any atom is -0.480 e. The molecule has 0 rings (SSSR count). The molecule has 0 bridgehead atoms. The Labute approximate surface area is 188 Å². The minimum atomic E-state index is -1.03. The van der Waals surface area contributed by atoms with Crippen molar-refractivity contribution in [3.05, 3.63) is 60.8 Å². The molecule has 1 atom stereocenters. The van der Waals surface area contributed by atoms with Crippen LogP contribution in [0.15, 0.2) is 60.8 Å². The molecular formula is C26H42N2O3. The zero-order valence-corrected chi connectivity index (χ0v) is 19.2. The summed E-state index contributed by atoms with van der Waals surface area (Å²) in [7, 11) is 0. The number of aliphatic carboxylic acids is 1. The van der Waals surface area contributed by atoms with Gasteiger partial charge in [-0.3, -0.25) is 4.79 Å². The van der Waals surface area contributed by atoms with E-state index in [4.69, 9.17) is 10.8 Å². The summed E-state index contributed by atoms with van der Waals surface area (Å²) in [5.74, 6) is -1.44. The van der Waals surface area contributed by atoms with Gasteiger partial charge >= 0.3 is 5.97 Å². The molecule has 0 fully saturated rings.